The number of hydrogen-bond donors (Lipinski definition) is 1. The summed E-state index contributed by atoms with van der Waals surface area (Å²) in [7, 11) is 1.64. The molecule has 28 heavy (non-hydrogen) atoms. The van der Waals surface area contributed by atoms with Crippen molar-refractivity contribution in [1.82, 2.24) is 14.8 Å². The molecular formula is C21H24N4O2S. The van der Waals surface area contributed by atoms with Gasteiger partial charge in [-0.3, -0.25) is 4.79 Å². The van der Waals surface area contributed by atoms with Gasteiger partial charge < -0.3 is 10.1 Å². The first-order valence-corrected chi connectivity index (χ1v) is 10.3. The molecule has 1 aromatic carbocycles. The van der Waals surface area contributed by atoms with E-state index in [2.05, 4.69) is 30.7 Å². The molecule has 6 nitrogen and oxygen atoms in total. The summed E-state index contributed by atoms with van der Waals surface area (Å²) in [5.74, 6) is 2.36. The Morgan fingerprint density at radius 2 is 2.11 bits per heavy atom. The van der Waals surface area contributed by atoms with Crippen LogP contribution in [0, 0.1) is 5.41 Å². The Bertz CT molecular complexity index is 959. The maximum Gasteiger partial charge on any atom is 0.227 e. The minimum Gasteiger partial charge on any atom is -0.497 e. The number of allylic oxidation sites excluding steroid dienone is 2. The summed E-state index contributed by atoms with van der Waals surface area (Å²) in [4.78, 5) is 17.8. The second-order valence-electron chi connectivity index (χ2n) is 7.90. The SMILES string of the molecule is C=CCSc1nc2n(n1)[C@H](c1ccc(OC)cc1)C1=C(CC(C)(C)CC1=O)N2. The van der Waals surface area contributed by atoms with Crippen molar-refractivity contribution in [1.29, 1.82) is 0 Å². The summed E-state index contributed by atoms with van der Waals surface area (Å²) >= 11 is 1.53. The number of benzene rings is 1. The van der Waals surface area contributed by atoms with E-state index in [1.807, 2.05) is 35.0 Å². The van der Waals surface area contributed by atoms with Gasteiger partial charge in [-0.15, -0.1) is 11.7 Å². The molecule has 0 saturated heterocycles. The van der Waals surface area contributed by atoms with Gasteiger partial charge >= 0.3 is 0 Å². The predicted octanol–water partition coefficient (Wildman–Crippen LogP) is 4.22. The Balaban J connectivity index is 1.83. The number of ether oxygens (including phenoxy) is 1. The van der Waals surface area contributed by atoms with Gasteiger partial charge in [-0.1, -0.05) is 43.8 Å². The Hall–Kier alpha value is -2.54. The first-order valence-electron chi connectivity index (χ1n) is 9.29. The number of Topliss-reactive ketones (excluding diaryl/α,β-unsaturated/α-hetero) is 1. The van der Waals surface area contributed by atoms with Crippen molar-refractivity contribution in [3.05, 3.63) is 53.8 Å². The highest BCUT2D eigenvalue weighted by molar-refractivity contribution is 7.99. The van der Waals surface area contributed by atoms with Crippen LogP contribution in [0.3, 0.4) is 0 Å². The van der Waals surface area contributed by atoms with Gasteiger partial charge in [0, 0.05) is 23.4 Å². The zero-order valence-electron chi connectivity index (χ0n) is 16.4. The number of aromatic nitrogens is 3. The molecule has 1 aromatic heterocycles. The lowest BCUT2D eigenvalue weighted by Gasteiger charge is -2.38. The highest BCUT2D eigenvalue weighted by atomic mass is 32.2. The van der Waals surface area contributed by atoms with Crippen molar-refractivity contribution < 1.29 is 9.53 Å². The van der Waals surface area contributed by atoms with Crippen LogP contribution in [-0.4, -0.2) is 33.4 Å². The van der Waals surface area contributed by atoms with Crippen molar-refractivity contribution in [3.63, 3.8) is 0 Å². The standard InChI is InChI=1S/C21H24N4O2S/c1-5-10-28-20-23-19-22-15-11-21(2,3)12-16(26)17(15)18(25(19)24-20)13-6-8-14(27-4)9-7-13/h5-9,18H,1,10-12H2,2-4H3,(H,22,23,24)/t18-/m1/s1. The predicted molar refractivity (Wildman–Crippen MR) is 111 cm³/mol. The van der Waals surface area contributed by atoms with Crippen molar-refractivity contribution in [2.45, 2.75) is 37.9 Å². The van der Waals surface area contributed by atoms with E-state index in [9.17, 15) is 4.79 Å². The van der Waals surface area contributed by atoms with E-state index in [4.69, 9.17) is 9.84 Å². The number of fused-ring (bicyclic) bond motifs is 1. The fourth-order valence-corrected chi connectivity index (χ4v) is 4.44. The summed E-state index contributed by atoms with van der Waals surface area (Å²) in [5, 5.41) is 8.75. The average molecular weight is 397 g/mol. The zero-order valence-corrected chi connectivity index (χ0v) is 17.2. The van der Waals surface area contributed by atoms with Crippen molar-refractivity contribution >= 4 is 23.5 Å². The smallest absolute Gasteiger partial charge is 0.227 e. The third kappa shape index (κ3) is 3.35. The van der Waals surface area contributed by atoms with E-state index in [1.54, 1.807) is 7.11 Å². The minimum atomic E-state index is -0.286. The van der Waals surface area contributed by atoms with Crippen LogP contribution in [0.15, 0.2) is 53.3 Å². The van der Waals surface area contributed by atoms with E-state index in [-0.39, 0.29) is 17.2 Å². The fraction of sp³-hybridized carbons (Fsp3) is 0.381. The summed E-state index contributed by atoms with van der Waals surface area (Å²) in [6.45, 7) is 8.01. The third-order valence-corrected chi connectivity index (χ3v) is 5.91. The molecule has 1 atom stereocenters. The lowest BCUT2D eigenvalue weighted by atomic mass is 9.73. The lowest BCUT2D eigenvalue weighted by molar-refractivity contribution is -0.118. The molecule has 0 radical (unpaired) electrons. The molecule has 2 aliphatic rings. The molecule has 2 aromatic rings. The highest BCUT2D eigenvalue weighted by Gasteiger charge is 2.41. The first kappa shape index (κ1) is 18.8. The number of methoxy groups -OCH3 is 1. The number of nitrogens with one attached hydrogen (secondary N) is 1. The molecule has 0 amide bonds. The molecule has 2 heterocycles. The number of thioether (sulfide) groups is 1. The van der Waals surface area contributed by atoms with Crippen molar-refractivity contribution in [2.75, 3.05) is 18.2 Å². The second-order valence-corrected chi connectivity index (χ2v) is 8.88. The average Bonchev–Trinajstić information content (AvgIpc) is 3.06. The van der Waals surface area contributed by atoms with Crippen molar-refractivity contribution in [3.8, 4) is 5.75 Å². The number of carbonyl (C=O) groups excluding carboxylic acids is 1. The summed E-state index contributed by atoms with van der Waals surface area (Å²) in [6, 6.07) is 7.53. The van der Waals surface area contributed by atoms with Crippen LogP contribution in [0.1, 0.15) is 38.3 Å². The molecule has 4 rings (SSSR count). The van der Waals surface area contributed by atoms with Crippen LogP contribution in [0.5, 0.6) is 5.75 Å². The van der Waals surface area contributed by atoms with Gasteiger partial charge in [0.05, 0.1) is 7.11 Å². The topological polar surface area (TPSA) is 69.0 Å². The molecule has 0 saturated carbocycles. The number of anilines is 1. The lowest BCUT2D eigenvalue weighted by Crippen LogP contribution is -2.36. The van der Waals surface area contributed by atoms with Gasteiger partial charge in [0.2, 0.25) is 11.1 Å². The normalized spacial score (nSPS) is 20.2. The van der Waals surface area contributed by atoms with E-state index in [1.165, 1.54) is 11.8 Å². The van der Waals surface area contributed by atoms with Gasteiger partial charge in [0.15, 0.2) is 5.78 Å². The number of carbonyl (C=O) groups is 1. The second kappa shape index (κ2) is 7.13. The molecule has 7 heteroatoms. The van der Waals surface area contributed by atoms with Crippen LogP contribution in [0.25, 0.3) is 0 Å². The molecule has 1 N–H and O–H groups in total. The molecule has 0 fully saturated rings. The quantitative estimate of drug-likeness (QED) is 0.603. The Morgan fingerprint density at radius 1 is 1.36 bits per heavy atom. The van der Waals surface area contributed by atoms with Crippen molar-refractivity contribution in [2.24, 2.45) is 5.41 Å². The summed E-state index contributed by atoms with van der Waals surface area (Å²) < 4.78 is 7.13. The number of hydrogen-bond acceptors (Lipinski definition) is 6. The molecule has 0 bridgehead atoms. The molecule has 0 unspecified atom stereocenters. The van der Waals surface area contributed by atoms with E-state index in [0.717, 1.165) is 34.8 Å². The van der Waals surface area contributed by atoms with Gasteiger partial charge in [0.1, 0.15) is 11.8 Å². The van der Waals surface area contributed by atoms with Crippen LogP contribution in [-0.2, 0) is 4.79 Å². The number of ketones is 1. The maximum atomic E-state index is 13.1. The van der Waals surface area contributed by atoms with E-state index in [0.29, 0.717) is 17.5 Å². The molecule has 1 aliphatic heterocycles. The van der Waals surface area contributed by atoms with E-state index >= 15 is 0 Å². The zero-order chi connectivity index (χ0) is 19.9. The van der Waals surface area contributed by atoms with Crippen LogP contribution in [0.4, 0.5) is 5.95 Å². The van der Waals surface area contributed by atoms with Crippen LogP contribution in [0.2, 0.25) is 0 Å². The Morgan fingerprint density at radius 3 is 2.79 bits per heavy atom. The van der Waals surface area contributed by atoms with Gasteiger partial charge in [-0.05, 0) is 29.5 Å². The summed E-state index contributed by atoms with van der Waals surface area (Å²) in [6.07, 6.45) is 3.17. The Labute approximate surface area is 169 Å². The summed E-state index contributed by atoms with van der Waals surface area (Å²) in [5.41, 5.74) is 2.68. The highest BCUT2D eigenvalue weighted by Crippen LogP contribution is 2.45. The first-order chi connectivity index (χ1) is 13.4. The fourth-order valence-electron chi connectivity index (χ4n) is 3.88. The van der Waals surface area contributed by atoms with Gasteiger partial charge in [-0.2, -0.15) is 4.98 Å². The molecular weight excluding hydrogens is 372 g/mol. The molecule has 146 valence electrons. The van der Waals surface area contributed by atoms with Crippen LogP contribution >= 0.6 is 11.8 Å². The van der Waals surface area contributed by atoms with Gasteiger partial charge in [0.25, 0.3) is 0 Å². The largest absolute Gasteiger partial charge is 0.497 e. The van der Waals surface area contributed by atoms with Gasteiger partial charge in [-0.25, -0.2) is 4.68 Å². The minimum absolute atomic E-state index is 0.0734. The Kier molecular flexibility index (Phi) is 4.79. The monoisotopic (exact) mass is 396 g/mol. The van der Waals surface area contributed by atoms with Crippen LogP contribution < -0.4 is 10.1 Å². The molecule has 1 aliphatic carbocycles. The molecule has 0 spiro atoms. The van der Waals surface area contributed by atoms with E-state index < -0.39 is 0 Å². The number of nitrogens with zero attached hydrogens (tertiary/aromatic N) is 3. The maximum absolute atomic E-state index is 13.1. The number of rotatable bonds is 5. The third-order valence-electron chi connectivity index (χ3n) is 5.07.